The zero-order valence-corrected chi connectivity index (χ0v) is 15.4. The van der Waals surface area contributed by atoms with E-state index in [0.29, 0.717) is 24.6 Å². The van der Waals surface area contributed by atoms with Gasteiger partial charge < -0.3 is 9.47 Å². The van der Waals surface area contributed by atoms with E-state index in [2.05, 4.69) is 0 Å². The lowest BCUT2D eigenvalue weighted by Gasteiger charge is -2.25. The summed E-state index contributed by atoms with van der Waals surface area (Å²) in [5.74, 6) is 0.408. The third-order valence-corrected chi connectivity index (χ3v) is 6.19. The van der Waals surface area contributed by atoms with Crippen LogP contribution in [0.1, 0.15) is 29.6 Å². The Labute approximate surface area is 153 Å². The maximum absolute atomic E-state index is 12.8. The van der Waals surface area contributed by atoms with Gasteiger partial charge in [-0.25, -0.2) is 13.2 Å². The fourth-order valence-electron chi connectivity index (χ4n) is 2.85. The van der Waals surface area contributed by atoms with Gasteiger partial charge in [-0.15, -0.1) is 0 Å². The second kappa shape index (κ2) is 7.88. The molecule has 3 rings (SSSR count). The summed E-state index contributed by atoms with van der Waals surface area (Å²) in [6, 6.07) is 12.6. The lowest BCUT2D eigenvalue weighted by molar-refractivity contribution is 0.0734. The predicted molar refractivity (Wildman–Crippen MR) is 97.0 cm³/mol. The fraction of sp³-hybridized carbons (Fsp3) is 0.316. The molecule has 1 aliphatic rings. The maximum atomic E-state index is 12.8. The van der Waals surface area contributed by atoms with Crippen molar-refractivity contribution in [3.8, 4) is 11.5 Å². The Morgan fingerprint density at radius 1 is 0.962 bits per heavy atom. The number of rotatable bonds is 5. The van der Waals surface area contributed by atoms with E-state index in [4.69, 9.17) is 9.47 Å². The van der Waals surface area contributed by atoms with Gasteiger partial charge >= 0.3 is 5.97 Å². The number of esters is 1. The summed E-state index contributed by atoms with van der Waals surface area (Å²) in [7, 11) is -2.04. The fourth-order valence-corrected chi connectivity index (χ4v) is 4.41. The standard InChI is InChI=1S/C19H21NO5S/c1-24-16-8-10-17(11-9-16)25-19(21)15-6-5-7-18(14-15)26(22,23)20-12-3-2-4-13-20/h5-11,14H,2-4,12-13H2,1H3. The van der Waals surface area contributed by atoms with Crippen LogP contribution in [0.15, 0.2) is 53.4 Å². The van der Waals surface area contributed by atoms with E-state index in [-0.39, 0.29) is 10.5 Å². The SMILES string of the molecule is COc1ccc(OC(=O)c2cccc(S(=O)(=O)N3CCCCC3)c2)cc1. The average Bonchev–Trinajstić information content (AvgIpc) is 2.69. The highest BCUT2D eigenvalue weighted by molar-refractivity contribution is 7.89. The number of carbonyl (C=O) groups excluding carboxylic acids is 1. The zero-order chi connectivity index (χ0) is 18.6. The summed E-state index contributed by atoms with van der Waals surface area (Å²) < 4.78 is 37.3. The molecule has 0 amide bonds. The van der Waals surface area contributed by atoms with Crippen LogP contribution in [0.25, 0.3) is 0 Å². The van der Waals surface area contributed by atoms with Gasteiger partial charge in [-0.2, -0.15) is 4.31 Å². The maximum Gasteiger partial charge on any atom is 0.343 e. The van der Waals surface area contributed by atoms with Crippen molar-refractivity contribution in [1.82, 2.24) is 4.31 Å². The van der Waals surface area contributed by atoms with Gasteiger partial charge in [-0.3, -0.25) is 0 Å². The van der Waals surface area contributed by atoms with Gasteiger partial charge in [0.05, 0.1) is 17.6 Å². The zero-order valence-electron chi connectivity index (χ0n) is 14.6. The minimum absolute atomic E-state index is 0.114. The first-order chi connectivity index (χ1) is 12.5. The van der Waals surface area contributed by atoms with Gasteiger partial charge in [-0.1, -0.05) is 12.5 Å². The Balaban J connectivity index is 1.78. The molecule has 0 bridgehead atoms. The summed E-state index contributed by atoms with van der Waals surface area (Å²) >= 11 is 0. The van der Waals surface area contributed by atoms with Crippen LogP contribution in [0.3, 0.4) is 0 Å². The number of hydrogen-bond donors (Lipinski definition) is 0. The van der Waals surface area contributed by atoms with E-state index < -0.39 is 16.0 Å². The molecule has 2 aromatic rings. The number of benzene rings is 2. The van der Waals surface area contributed by atoms with E-state index in [9.17, 15) is 13.2 Å². The van der Waals surface area contributed by atoms with E-state index in [0.717, 1.165) is 19.3 Å². The summed E-state index contributed by atoms with van der Waals surface area (Å²) in [6.45, 7) is 1.03. The largest absolute Gasteiger partial charge is 0.497 e. The summed E-state index contributed by atoms with van der Waals surface area (Å²) in [5, 5.41) is 0. The minimum atomic E-state index is -3.59. The normalized spacial score (nSPS) is 15.4. The average molecular weight is 375 g/mol. The van der Waals surface area contributed by atoms with Gasteiger partial charge in [0.1, 0.15) is 11.5 Å². The van der Waals surface area contributed by atoms with E-state index in [1.807, 2.05) is 0 Å². The molecule has 0 saturated carbocycles. The molecule has 1 heterocycles. The molecule has 0 radical (unpaired) electrons. The van der Waals surface area contributed by atoms with Gasteiger partial charge in [0.25, 0.3) is 0 Å². The molecule has 0 atom stereocenters. The first-order valence-corrected chi connectivity index (χ1v) is 9.91. The van der Waals surface area contributed by atoms with Gasteiger partial charge in [-0.05, 0) is 55.3 Å². The molecule has 26 heavy (non-hydrogen) atoms. The molecule has 7 heteroatoms. The Kier molecular flexibility index (Phi) is 5.58. The van der Waals surface area contributed by atoms with Crippen LogP contribution in [-0.2, 0) is 10.0 Å². The van der Waals surface area contributed by atoms with Crippen LogP contribution in [0.2, 0.25) is 0 Å². The van der Waals surface area contributed by atoms with Gasteiger partial charge in [0, 0.05) is 13.1 Å². The summed E-state index contributed by atoms with van der Waals surface area (Å²) in [5.41, 5.74) is 0.193. The highest BCUT2D eigenvalue weighted by atomic mass is 32.2. The number of hydrogen-bond acceptors (Lipinski definition) is 5. The van der Waals surface area contributed by atoms with Crippen LogP contribution in [-0.4, -0.2) is 38.9 Å². The Morgan fingerprint density at radius 3 is 2.27 bits per heavy atom. The summed E-state index contributed by atoms with van der Waals surface area (Å²) in [6.07, 6.45) is 2.76. The van der Waals surface area contributed by atoms with Crippen LogP contribution < -0.4 is 9.47 Å². The number of carbonyl (C=O) groups is 1. The van der Waals surface area contributed by atoms with Crippen LogP contribution in [0.4, 0.5) is 0 Å². The lowest BCUT2D eigenvalue weighted by atomic mass is 10.2. The topological polar surface area (TPSA) is 72.9 Å². The smallest absolute Gasteiger partial charge is 0.343 e. The Bertz CT molecular complexity index is 871. The van der Waals surface area contributed by atoms with Crippen molar-refractivity contribution in [2.24, 2.45) is 0 Å². The molecule has 2 aromatic carbocycles. The number of ether oxygens (including phenoxy) is 2. The van der Waals surface area contributed by atoms with E-state index in [1.54, 1.807) is 43.5 Å². The third-order valence-electron chi connectivity index (χ3n) is 4.29. The summed E-state index contributed by atoms with van der Waals surface area (Å²) in [4.78, 5) is 12.5. The molecule has 0 spiro atoms. The molecule has 6 nitrogen and oxygen atoms in total. The van der Waals surface area contributed by atoms with Crippen molar-refractivity contribution >= 4 is 16.0 Å². The quantitative estimate of drug-likeness (QED) is 0.593. The third kappa shape index (κ3) is 4.05. The van der Waals surface area contributed by atoms with Crippen molar-refractivity contribution in [1.29, 1.82) is 0 Å². The first kappa shape index (κ1) is 18.4. The molecule has 0 unspecified atom stereocenters. The van der Waals surface area contributed by atoms with Crippen molar-refractivity contribution in [3.05, 3.63) is 54.1 Å². The molecule has 138 valence electrons. The van der Waals surface area contributed by atoms with Gasteiger partial charge in [0.15, 0.2) is 0 Å². The lowest BCUT2D eigenvalue weighted by Crippen LogP contribution is -2.35. The van der Waals surface area contributed by atoms with Crippen molar-refractivity contribution in [2.45, 2.75) is 24.2 Å². The van der Waals surface area contributed by atoms with Crippen molar-refractivity contribution < 1.29 is 22.7 Å². The van der Waals surface area contributed by atoms with E-state index >= 15 is 0 Å². The number of methoxy groups -OCH3 is 1. The number of sulfonamides is 1. The van der Waals surface area contributed by atoms with Crippen LogP contribution >= 0.6 is 0 Å². The van der Waals surface area contributed by atoms with Crippen molar-refractivity contribution in [2.75, 3.05) is 20.2 Å². The molecule has 1 aliphatic heterocycles. The Morgan fingerprint density at radius 2 is 1.62 bits per heavy atom. The van der Waals surface area contributed by atoms with Gasteiger partial charge in [0.2, 0.25) is 10.0 Å². The molecule has 1 fully saturated rings. The molecule has 0 aliphatic carbocycles. The Hall–Kier alpha value is -2.38. The van der Waals surface area contributed by atoms with Crippen LogP contribution in [0, 0.1) is 0 Å². The number of piperidine rings is 1. The highest BCUT2D eigenvalue weighted by Gasteiger charge is 2.26. The minimum Gasteiger partial charge on any atom is -0.497 e. The molecular weight excluding hydrogens is 354 g/mol. The molecule has 0 aromatic heterocycles. The van der Waals surface area contributed by atoms with Crippen LogP contribution in [0.5, 0.6) is 11.5 Å². The highest BCUT2D eigenvalue weighted by Crippen LogP contribution is 2.23. The first-order valence-electron chi connectivity index (χ1n) is 8.47. The monoisotopic (exact) mass is 375 g/mol. The molecule has 1 saturated heterocycles. The van der Waals surface area contributed by atoms with E-state index in [1.165, 1.54) is 16.4 Å². The van der Waals surface area contributed by atoms with Crippen molar-refractivity contribution in [3.63, 3.8) is 0 Å². The second-order valence-corrected chi connectivity index (χ2v) is 8.00. The molecular formula is C19H21NO5S. The molecule has 0 N–H and O–H groups in total. The number of nitrogens with zero attached hydrogens (tertiary/aromatic N) is 1. The second-order valence-electron chi connectivity index (χ2n) is 6.06. The predicted octanol–water partition coefficient (Wildman–Crippen LogP) is 3.09.